The van der Waals surface area contributed by atoms with E-state index in [0.29, 0.717) is 0 Å². The summed E-state index contributed by atoms with van der Waals surface area (Å²) in [6.45, 7) is 10.4. The smallest absolute Gasteiger partial charge is 0.00949 e. The van der Waals surface area contributed by atoms with E-state index in [0.717, 1.165) is 6.42 Å². The molecule has 0 heterocycles. The van der Waals surface area contributed by atoms with Crippen molar-refractivity contribution in [2.45, 2.75) is 41.0 Å². The Labute approximate surface area is 88.7 Å². The minimum Gasteiger partial charge on any atom is -0.0815 e. The molecule has 0 nitrogen and oxygen atoms in total. The Bertz CT molecular complexity index is 278. The number of aryl methyl sites for hydroxylation is 1. The van der Waals surface area contributed by atoms with E-state index >= 15 is 0 Å². The summed E-state index contributed by atoms with van der Waals surface area (Å²) < 4.78 is 0. The van der Waals surface area contributed by atoms with Gasteiger partial charge >= 0.3 is 0 Å². The van der Waals surface area contributed by atoms with Crippen molar-refractivity contribution in [2.24, 2.45) is 0 Å². The molecule has 0 heteroatoms. The van der Waals surface area contributed by atoms with Crippen molar-refractivity contribution in [1.82, 2.24) is 0 Å². The second-order valence-electron chi connectivity index (χ2n) is 3.47. The summed E-state index contributed by atoms with van der Waals surface area (Å²) in [4.78, 5) is 0. The predicted octanol–water partition coefficient (Wildman–Crippen LogP) is 4.53. The molecule has 0 aliphatic heterocycles. The van der Waals surface area contributed by atoms with Crippen LogP contribution in [0.25, 0.3) is 0 Å². The highest BCUT2D eigenvalue weighted by Crippen LogP contribution is 2.06. The van der Waals surface area contributed by atoms with E-state index in [1.807, 2.05) is 13.8 Å². The van der Waals surface area contributed by atoms with Crippen molar-refractivity contribution in [3.05, 3.63) is 47.0 Å². The Balaban J connectivity index is 0.000000791. The third-order valence-corrected chi connectivity index (χ3v) is 1.83. The summed E-state index contributed by atoms with van der Waals surface area (Å²) in [6, 6.07) is 8.65. The highest BCUT2D eigenvalue weighted by atomic mass is 13.9. The van der Waals surface area contributed by atoms with Gasteiger partial charge in [0.05, 0.1) is 0 Å². The van der Waals surface area contributed by atoms with E-state index in [-0.39, 0.29) is 0 Å². The van der Waals surface area contributed by atoms with Gasteiger partial charge in [-0.15, -0.1) is 0 Å². The molecule has 0 aliphatic rings. The first-order valence-corrected chi connectivity index (χ1v) is 5.37. The van der Waals surface area contributed by atoms with Gasteiger partial charge in [0, 0.05) is 0 Å². The molecule has 0 bridgehead atoms. The SMILES string of the molecule is CC.CC(C)=CCc1cccc(C)c1. The number of hydrogen-bond donors (Lipinski definition) is 0. The molecule has 0 unspecified atom stereocenters. The third-order valence-electron chi connectivity index (χ3n) is 1.83. The summed E-state index contributed by atoms with van der Waals surface area (Å²) in [5.41, 5.74) is 4.13. The Morgan fingerprint density at radius 1 is 1.21 bits per heavy atom. The van der Waals surface area contributed by atoms with Gasteiger partial charge in [-0.3, -0.25) is 0 Å². The van der Waals surface area contributed by atoms with Crippen LogP contribution in [0.2, 0.25) is 0 Å². The zero-order valence-corrected chi connectivity index (χ0v) is 10.1. The molecule has 0 atom stereocenters. The zero-order valence-electron chi connectivity index (χ0n) is 10.1. The van der Waals surface area contributed by atoms with Crippen molar-refractivity contribution in [3.63, 3.8) is 0 Å². The van der Waals surface area contributed by atoms with Gasteiger partial charge in [-0.25, -0.2) is 0 Å². The Kier molecular flexibility index (Phi) is 6.82. The van der Waals surface area contributed by atoms with Crippen LogP contribution in [0.15, 0.2) is 35.9 Å². The molecule has 0 saturated carbocycles. The lowest BCUT2D eigenvalue weighted by Crippen LogP contribution is -1.82. The van der Waals surface area contributed by atoms with Crippen LogP contribution in [0.5, 0.6) is 0 Å². The number of benzene rings is 1. The first kappa shape index (κ1) is 13.0. The van der Waals surface area contributed by atoms with E-state index in [2.05, 4.69) is 51.1 Å². The van der Waals surface area contributed by atoms with Gasteiger partial charge in [-0.05, 0) is 32.8 Å². The molecule has 0 saturated heterocycles. The number of hydrogen-bond acceptors (Lipinski definition) is 0. The minimum atomic E-state index is 1.06. The van der Waals surface area contributed by atoms with E-state index in [1.54, 1.807) is 0 Å². The quantitative estimate of drug-likeness (QED) is 0.601. The Morgan fingerprint density at radius 3 is 2.36 bits per heavy atom. The molecule has 0 spiro atoms. The van der Waals surface area contributed by atoms with Crippen LogP contribution in [0.1, 0.15) is 38.8 Å². The lowest BCUT2D eigenvalue weighted by molar-refractivity contribution is 1.20. The summed E-state index contributed by atoms with van der Waals surface area (Å²) in [6.07, 6.45) is 3.32. The molecule has 1 aromatic carbocycles. The minimum absolute atomic E-state index is 1.06. The second-order valence-corrected chi connectivity index (χ2v) is 3.47. The van der Waals surface area contributed by atoms with E-state index in [9.17, 15) is 0 Å². The number of allylic oxidation sites excluding steroid dienone is 2. The van der Waals surface area contributed by atoms with Crippen LogP contribution in [0.4, 0.5) is 0 Å². The molecular weight excluding hydrogens is 168 g/mol. The first-order valence-electron chi connectivity index (χ1n) is 5.37. The summed E-state index contributed by atoms with van der Waals surface area (Å²) >= 11 is 0. The van der Waals surface area contributed by atoms with Crippen LogP contribution in [0, 0.1) is 6.92 Å². The molecule has 0 N–H and O–H groups in total. The van der Waals surface area contributed by atoms with Crippen LogP contribution in [0.3, 0.4) is 0 Å². The van der Waals surface area contributed by atoms with Gasteiger partial charge in [0.15, 0.2) is 0 Å². The van der Waals surface area contributed by atoms with Crippen molar-refractivity contribution in [3.8, 4) is 0 Å². The molecule has 1 aromatic rings. The van der Waals surface area contributed by atoms with Crippen molar-refractivity contribution in [1.29, 1.82) is 0 Å². The summed E-state index contributed by atoms with van der Waals surface area (Å²) in [5, 5.41) is 0. The van der Waals surface area contributed by atoms with Crippen LogP contribution < -0.4 is 0 Å². The maximum atomic E-state index is 2.26. The number of rotatable bonds is 2. The van der Waals surface area contributed by atoms with Crippen LogP contribution >= 0.6 is 0 Å². The lowest BCUT2D eigenvalue weighted by Gasteiger charge is -1.98. The normalized spacial score (nSPS) is 8.64. The Morgan fingerprint density at radius 2 is 1.86 bits per heavy atom. The van der Waals surface area contributed by atoms with Gasteiger partial charge in [0.1, 0.15) is 0 Å². The highest BCUT2D eigenvalue weighted by Gasteiger charge is 1.89. The Hall–Kier alpha value is -1.04. The fraction of sp³-hybridized carbons (Fsp3) is 0.429. The van der Waals surface area contributed by atoms with Gasteiger partial charge in [0.25, 0.3) is 0 Å². The average Bonchev–Trinajstić information content (AvgIpc) is 2.18. The molecule has 0 fully saturated rings. The van der Waals surface area contributed by atoms with E-state index in [4.69, 9.17) is 0 Å². The fourth-order valence-corrected chi connectivity index (χ4v) is 1.16. The van der Waals surface area contributed by atoms with Crippen LogP contribution in [-0.4, -0.2) is 0 Å². The van der Waals surface area contributed by atoms with Gasteiger partial charge in [-0.2, -0.15) is 0 Å². The first-order chi connectivity index (χ1) is 6.68. The zero-order chi connectivity index (χ0) is 11.0. The molecule has 78 valence electrons. The van der Waals surface area contributed by atoms with Crippen molar-refractivity contribution in [2.75, 3.05) is 0 Å². The van der Waals surface area contributed by atoms with E-state index in [1.165, 1.54) is 16.7 Å². The topological polar surface area (TPSA) is 0 Å². The molecule has 1 rings (SSSR count). The molecular formula is C14H22. The van der Waals surface area contributed by atoms with E-state index < -0.39 is 0 Å². The van der Waals surface area contributed by atoms with Gasteiger partial charge in [-0.1, -0.05) is 55.3 Å². The molecule has 14 heavy (non-hydrogen) atoms. The maximum Gasteiger partial charge on any atom is -0.00949 e. The van der Waals surface area contributed by atoms with Gasteiger partial charge < -0.3 is 0 Å². The molecule has 0 radical (unpaired) electrons. The average molecular weight is 190 g/mol. The maximum absolute atomic E-state index is 2.26. The standard InChI is InChI=1S/C12H16.C2H6/c1-10(2)7-8-12-6-4-5-11(3)9-12;1-2/h4-7,9H,8H2,1-3H3;1-2H3. The molecule has 0 aromatic heterocycles. The molecule has 0 aliphatic carbocycles. The second kappa shape index (κ2) is 7.37. The highest BCUT2D eigenvalue weighted by molar-refractivity contribution is 5.24. The third kappa shape index (κ3) is 5.58. The summed E-state index contributed by atoms with van der Waals surface area (Å²) in [7, 11) is 0. The van der Waals surface area contributed by atoms with Crippen molar-refractivity contribution < 1.29 is 0 Å². The van der Waals surface area contributed by atoms with Crippen molar-refractivity contribution >= 4 is 0 Å². The lowest BCUT2D eigenvalue weighted by atomic mass is 10.1. The molecule has 0 amide bonds. The van der Waals surface area contributed by atoms with Gasteiger partial charge in [0.2, 0.25) is 0 Å². The summed E-state index contributed by atoms with van der Waals surface area (Å²) in [5.74, 6) is 0. The fourth-order valence-electron chi connectivity index (χ4n) is 1.16. The van der Waals surface area contributed by atoms with Crippen LogP contribution in [-0.2, 0) is 6.42 Å². The predicted molar refractivity (Wildman–Crippen MR) is 65.7 cm³/mol. The largest absolute Gasteiger partial charge is 0.0815 e. The monoisotopic (exact) mass is 190 g/mol.